The van der Waals surface area contributed by atoms with Crippen molar-refractivity contribution in [1.82, 2.24) is 4.98 Å². The van der Waals surface area contributed by atoms with Gasteiger partial charge < -0.3 is 5.32 Å². The minimum atomic E-state index is 0.675. The first-order valence-corrected chi connectivity index (χ1v) is 6.42. The molecule has 3 rings (SSSR count). The van der Waals surface area contributed by atoms with Gasteiger partial charge in [-0.25, -0.2) is 0 Å². The zero-order valence-electron chi connectivity index (χ0n) is 10.9. The van der Waals surface area contributed by atoms with Crippen molar-refractivity contribution in [2.75, 3.05) is 5.32 Å². The van der Waals surface area contributed by atoms with Gasteiger partial charge in [0.05, 0.1) is 11.6 Å². The van der Waals surface area contributed by atoms with E-state index < -0.39 is 0 Å². The molecule has 0 radical (unpaired) electrons. The largest absolute Gasteiger partial charge is 0.381 e. The molecule has 0 fully saturated rings. The van der Waals surface area contributed by atoms with Gasteiger partial charge in [-0.2, -0.15) is 5.26 Å². The number of pyridine rings is 1. The van der Waals surface area contributed by atoms with Gasteiger partial charge in [0.1, 0.15) is 0 Å². The van der Waals surface area contributed by atoms with Gasteiger partial charge in [0.25, 0.3) is 0 Å². The summed E-state index contributed by atoms with van der Waals surface area (Å²) in [4.78, 5) is 4.11. The fourth-order valence-corrected chi connectivity index (χ4v) is 2.11. The molecular formula is C17H13N3. The zero-order valence-corrected chi connectivity index (χ0v) is 10.9. The molecule has 0 spiro atoms. The van der Waals surface area contributed by atoms with E-state index >= 15 is 0 Å². The van der Waals surface area contributed by atoms with Crippen LogP contribution in [0.2, 0.25) is 0 Å². The Balaban J connectivity index is 1.74. The highest BCUT2D eigenvalue weighted by molar-refractivity contribution is 5.82. The first-order valence-electron chi connectivity index (χ1n) is 6.42. The van der Waals surface area contributed by atoms with Crippen LogP contribution in [0.4, 0.5) is 5.69 Å². The second-order valence-corrected chi connectivity index (χ2v) is 4.60. The van der Waals surface area contributed by atoms with Crippen LogP contribution in [0.25, 0.3) is 10.8 Å². The maximum absolute atomic E-state index is 8.76. The van der Waals surface area contributed by atoms with Gasteiger partial charge in [0.2, 0.25) is 0 Å². The number of nitrogens with one attached hydrogen (secondary N) is 1. The molecule has 0 saturated carbocycles. The fourth-order valence-electron chi connectivity index (χ4n) is 2.11. The van der Waals surface area contributed by atoms with E-state index in [0.29, 0.717) is 5.56 Å². The van der Waals surface area contributed by atoms with Crippen molar-refractivity contribution in [3.63, 3.8) is 0 Å². The maximum atomic E-state index is 8.76. The van der Waals surface area contributed by atoms with Gasteiger partial charge in [-0.05, 0) is 47.3 Å². The van der Waals surface area contributed by atoms with Crippen LogP contribution in [0.3, 0.4) is 0 Å². The molecule has 0 atom stereocenters. The highest BCUT2D eigenvalue weighted by Gasteiger charge is 1.98. The second kappa shape index (κ2) is 5.41. The number of aromatic nitrogens is 1. The molecule has 3 aromatic rings. The van der Waals surface area contributed by atoms with Crippen LogP contribution in [0.15, 0.2) is 60.9 Å². The molecule has 0 saturated heterocycles. The number of benzene rings is 2. The van der Waals surface area contributed by atoms with Crippen LogP contribution in [0, 0.1) is 11.3 Å². The van der Waals surface area contributed by atoms with Gasteiger partial charge in [-0.1, -0.05) is 12.1 Å². The summed E-state index contributed by atoms with van der Waals surface area (Å²) in [5, 5.41) is 14.5. The summed E-state index contributed by atoms with van der Waals surface area (Å²) in [6, 6.07) is 17.9. The lowest BCUT2D eigenvalue weighted by Crippen LogP contribution is -1.99. The standard InChI is InChI=1S/C17H13N3/c18-10-13-2-5-17(6-3-13)20-11-14-1-4-16-12-19-8-7-15(16)9-14/h1-9,12,20H,11H2. The highest BCUT2D eigenvalue weighted by Crippen LogP contribution is 2.16. The van der Waals surface area contributed by atoms with Crippen molar-refractivity contribution in [3.8, 4) is 6.07 Å². The van der Waals surface area contributed by atoms with E-state index in [9.17, 15) is 0 Å². The number of anilines is 1. The normalized spacial score (nSPS) is 10.2. The Morgan fingerprint density at radius 1 is 1.00 bits per heavy atom. The van der Waals surface area contributed by atoms with Crippen LogP contribution in [-0.2, 0) is 6.54 Å². The molecule has 20 heavy (non-hydrogen) atoms. The van der Waals surface area contributed by atoms with Crippen LogP contribution in [0.1, 0.15) is 11.1 Å². The smallest absolute Gasteiger partial charge is 0.0991 e. The predicted octanol–water partition coefficient (Wildman–Crippen LogP) is 3.72. The monoisotopic (exact) mass is 259 g/mol. The molecule has 1 heterocycles. The van der Waals surface area contributed by atoms with Gasteiger partial charge in [-0.15, -0.1) is 0 Å². The van der Waals surface area contributed by atoms with Crippen LogP contribution >= 0.6 is 0 Å². The fraction of sp³-hybridized carbons (Fsp3) is 0.0588. The first kappa shape index (κ1) is 12.2. The van der Waals surface area contributed by atoms with E-state index in [4.69, 9.17) is 5.26 Å². The molecule has 3 heteroatoms. The van der Waals surface area contributed by atoms with Gasteiger partial charge in [-0.3, -0.25) is 4.98 Å². The molecule has 1 aromatic heterocycles. The molecule has 1 N–H and O–H groups in total. The van der Waals surface area contributed by atoms with Gasteiger partial charge in [0.15, 0.2) is 0 Å². The quantitative estimate of drug-likeness (QED) is 0.779. The average Bonchev–Trinajstić information content (AvgIpc) is 2.53. The molecule has 0 aliphatic rings. The van der Waals surface area contributed by atoms with Crippen molar-refractivity contribution >= 4 is 16.5 Å². The van der Waals surface area contributed by atoms with Gasteiger partial charge >= 0.3 is 0 Å². The summed E-state index contributed by atoms with van der Waals surface area (Å²) in [5.74, 6) is 0. The zero-order chi connectivity index (χ0) is 13.8. The van der Waals surface area contributed by atoms with Crippen molar-refractivity contribution in [2.24, 2.45) is 0 Å². The Hall–Kier alpha value is -2.86. The summed E-state index contributed by atoms with van der Waals surface area (Å²) in [6.45, 7) is 0.754. The Bertz CT molecular complexity index is 770. The molecule has 2 aromatic carbocycles. The Labute approximate surface area is 117 Å². The molecule has 3 nitrogen and oxygen atoms in total. The van der Waals surface area contributed by atoms with E-state index in [1.807, 2.05) is 36.5 Å². The summed E-state index contributed by atoms with van der Waals surface area (Å²) in [5.41, 5.74) is 2.90. The van der Waals surface area contributed by atoms with E-state index in [0.717, 1.165) is 17.6 Å². The van der Waals surface area contributed by atoms with E-state index in [1.165, 1.54) is 10.9 Å². The van der Waals surface area contributed by atoms with Crippen molar-refractivity contribution in [3.05, 3.63) is 72.1 Å². The molecule has 0 amide bonds. The lowest BCUT2D eigenvalue weighted by molar-refractivity contribution is 1.15. The molecule has 0 aliphatic heterocycles. The average molecular weight is 259 g/mol. The van der Waals surface area contributed by atoms with Crippen LogP contribution in [-0.4, -0.2) is 4.98 Å². The Morgan fingerprint density at radius 2 is 1.85 bits per heavy atom. The molecule has 96 valence electrons. The third-order valence-corrected chi connectivity index (χ3v) is 3.22. The van der Waals surface area contributed by atoms with E-state index in [-0.39, 0.29) is 0 Å². The summed E-state index contributed by atoms with van der Waals surface area (Å²) < 4.78 is 0. The first-order chi connectivity index (χ1) is 9.85. The van der Waals surface area contributed by atoms with Gasteiger partial charge in [0, 0.05) is 30.0 Å². The van der Waals surface area contributed by atoms with Crippen LogP contribution in [0.5, 0.6) is 0 Å². The van der Waals surface area contributed by atoms with Crippen molar-refractivity contribution in [1.29, 1.82) is 5.26 Å². The second-order valence-electron chi connectivity index (χ2n) is 4.60. The molecular weight excluding hydrogens is 246 g/mol. The lowest BCUT2D eigenvalue weighted by Gasteiger charge is -2.07. The minimum Gasteiger partial charge on any atom is -0.381 e. The SMILES string of the molecule is N#Cc1ccc(NCc2ccc3cnccc3c2)cc1. The van der Waals surface area contributed by atoms with E-state index in [2.05, 4.69) is 34.6 Å². The third-order valence-electron chi connectivity index (χ3n) is 3.22. The van der Waals surface area contributed by atoms with E-state index in [1.54, 1.807) is 6.20 Å². The number of fused-ring (bicyclic) bond motifs is 1. The molecule has 0 bridgehead atoms. The Kier molecular flexibility index (Phi) is 3.30. The topological polar surface area (TPSA) is 48.7 Å². The highest BCUT2D eigenvalue weighted by atomic mass is 14.9. The molecule has 0 unspecified atom stereocenters. The number of hydrogen-bond acceptors (Lipinski definition) is 3. The predicted molar refractivity (Wildman–Crippen MR) is 80.2 cm³/mol. The third kappa shape index (κ3) is 2.60. The minimum absolute atomic E-state index is 0.675. The summed E-state index contributed by atoms with van der Waals surface area (Å²) >= 11 is 0. The van der Waals surface area contributed by atoms with Crippen molar-refractivity contribution < 1.29 is 0 Å². The molecule has 0 aliphatic carbocycles. The van der Waals surface area contributed by atoms with Crippen molar-refractivity contribution in [2.45, 2.75) is 6.54 Å². The summed E-state index contributed by atoms with van der Waals surface area (Å²) in [6.07, 6.45) is 3.67. The number of rotatable bonds is 3. The number of nitrogens with zero attached hydrogens (tertiary/aromatic N) is 2. The Morgan fingerprint density at radius 3 is 2.65 bits per heavy atom. The summed E-state index contributed by atoms with van der Waals surface area (Å²) in [7, 11) is 0. The number of nitriles is 1. The van der Waals surface area contributed by atoms with Crippen LogP contribution < -0.4 is 5.32 Å². The lowest BCUT2D eigenvalue weighted by atomic mass is 10.1. The maximum Gasteiger partial charge on any atom is 0.0991 e. The number of hydrogen-bond donors (Lipinski definition) is 1.